The maximum Gasteiger partial charge on any atom is 0.119 e. The lowest BCUT2D eigenvalue weighted by molar-refractivity contribution is 0.469. The molecule has 2 aromatic rings. The zero-order valence-corrected chi connectivity index (χ0v) is 11.8. The van der Waals surface area contributed by atoms with Gasteiger partial charge in [-0.15, -0.1) is 11.3 Å². The molecule has 3 nitrogen and oxygen atoms in total. The summed E-state index contributed by atoms with van der Waals surface area (Å²) in [5.41, 5.74) is 2.37. The second-order valence-electron chi connectivity index (χ2n) is 5.12. The largest absolute Gasteiger partial charge is 0.508 e. The quantitative estimate of drug-likeness (QED) is 0.899. The molecule has 1 aliphatic rings. The van der Waals surface area contributed by atoms with E-state index in [1.807, 2.05) is 17.6 Å². The van der Waals surface area contributed by atoms with Crippen LogP contribution in [0.3, 0.4) is 0 Å². The Morgan fingerprint density at radius 2 is 2.42 bits per heavy atom. The van der Waals surface area contributed by atoms with Gasteiger partial charge in [0.15, 0.2) is 0 Å². The number of hydrogen-bond acceptors (Lipinski definition) is 4. The van der Waals surface area contributed by atoms with Crippen molar-refractivity contribution in [2.45, 2.75) is 31.7 Å². The van der Waals surface area contributed by atoms with Crippen molar-refractivity contribution >= 4 is 11.3 Å². The maximum absolute atomic E-state index is 9.84. The molecule has 0 bridgehead atoms. The Bertz CT molecular complexity index is 553. The summed E-state index contributed by atoms with van der Waals surface area (Å²) in [5, 5.41) is 16.7. The Hall–Kier alpha value is -1.39. The molecule has 1 heterocycles. The van der Waals surface area contributed by atoms with E-state index < -0.39 is 0 Å². The number of hydrogen-bond donors (Lipinski definition) is 2. The zero-order chi connectivity index (χ0) is 13.2. The molecule has 0 aliphatic heterocycles. The molecule has 0 amide bonds. The number of nitrogens with zero attached hydrogens (tertiary/aromatic N) is 1. The highest BCUT2D eigenvalue weighted by Crippen LogP contribution is 2.36. The molecule has 0 saturated heterocycles. The minimum atomic E-state index is 0.365. The van der Waals surface area contributed by atoms with Crippen molar-refractivity contribution in [1.82, 2.24) is 10.3 Å². The maximum atomic E-state index is 9.84. The van der Waals surface area contributed by atoms with Gasteiger partial charge in [-0.3, -0.25) is 0 Å². The average molecular weight is 274 g/mol. The van der Waals surface area contributed by atoms with E-state index in [0.717, 1.165) is 24.9 Å². The molecule has 0 fully saturated rings. The van der Waals surface area contributed by atoms with E-state index in [1.54, 1.807) is 17.4 Å². The Morgan fingerprint density at radius 1 is 1.53 bits per heavy atom. The van der Waals surface area contributed by atoms with Crippen molar-refractivity contribution in [3.05, 3.63) is 45.9 Å². The fourth-order valence-electron chi connectivity index (χ4n) is 2.73. The average Bonchev–Trinajstić information content (AvgIpc) is 3.06. The lowest BCUT2D eigenvalue weighted by Crippen LogP contribution is -2.24. The SMILES string of the molecule is CC(CNC1CCc2c(O)cccc21)c1nccs1. The predicted molar refractivity (Wildman–Crippen MR) is 77.7 cm³/mol. The minimum Gasteiger partial charge on any atom is -0.508 e. The van der Waals surface area contributed by atoms with Crippen LogP contribution in [0.1, 0.15) is 41.4 Å². The highest BCUT2D eigenvalue weighted by atomic mass is 32.1. The number of phenols is 1. The van der Waals surface area contributed by atoms with E-state index in [-0.39, 0.29) is 0 Å². The topological polar surface area (TPSA) is 45.1 Å². The molecule has 0 radical (unpaired) electrons. The summed E-state index contributed by atoms with van der Waals surface area (Å²) in [6.45, 7) is 3.12. The van der Waals surface area contributed by atoms with E-state index in [9.17, 15) is 5.11 Å². The van der Waals surface area contributed by atoms with Crippen molar-refractivity contribution in [2.75, 3.05) is 6.54 Å². The highest BCUT2D eigenvalue weighted by molar-refractivity contribution is 7.09. The van der Waals surface area contributed by atoms with Gasteiger partial charge < -0.3 is 10.4 Å². The first-order valence-corrected chi connectivity index (χ1v) is 7.57. The lowest BCUT2D eigenvalue weighted by atomic mass is 10.1. The van der Waals surface area contributed by atoms with E-state index in [1.165, 1.54) is 10.6 Å². The fourth-order valence-corrected chi connectivity index (χ4v) is 3.43. The van der Waals surface area contributed by atoms with Gasteiger partial charge in [-0.05, 0) is 30.0 Å². The molecule has 1 aromatic carbocycles. The van der Waals surface area contributed by atoms with Gasteiger partial charge in [0.05, 0.1) is 5.01 Å². The summed E-state index contributed by atoms with van der Waals surface area (Å²) < 4.78 is 0. The minimum absolute atomic E-state index is 0.365. The molecule has 2 unspecified atom stereocenters. The molecule has 1 aromatic heterocycles. The first-order chi connectivity index (χ1) is 9.25. The summed E-state index contributed by atoms with van der Waals surface area (Å²) in [6, 6.07) is 6.19. The molecule has 3 rings (SSSR count). The first kappa shape index (κ1) is 12.6. The van der Waals surface area contributed by atoms with E-state index in [0.29, 0.717) is 17.7 Å². The number of aromatic hydroxyl groups is 1. The number of fused-ring (bicyclic) bond motifs is 1. The van der Waals surface area contributed by atoms with Crippen molar-refractivity contribution < 1.29 is 5.11 Å². The first-order valence-electron chi connectivity index (χ1n) is 6.69. The summed E-state index contributed by atoms with van der Waals surface area (Å²) in [6.07, 6.45) is 3.89. The number of phenolic OH excluding ortho intramolecular Hbond substituents is 1. The van der Waals surface area contributed by atoms with Crippen LogP contribution < -0.4 is 5.32 Å². The Labute approximate surface area is 117 Å². The van der Waals surface area contributed by atoms with Crippen molar-refractivity contribution in [3.8, 4) is 5.75 Å². The van der Waals surface area contributed by atoms with Gasteiger partial charge in [-0.25, -0.2) is 4.98 Å². The number of rotatable bonds is 4. The van der Waals surface area contributed by atoms with Gasteiger partial charge in [0, 0.05) is 30.1 Å². The normalized spacial score (nSPS) is 19.3. The molecule has 2 N–H and O–H groups in total. The van der Waals surface area contributed by atoms with Gasteiger partial charge in [0.25, 0.3) is 0 Å². The van der Waals surface area contributed by atoms with Crippen LogP contribution in [-0.4, -0.2) is 16.6 Å². The van der Waals surface area contributed by atoms with Crippen molar-refractivity contribution in [3.63, 3.8) is 0 Å². The van der Waals surface area contributed by atoms with Crippen LogP contribution in [0.4, 0.5) is 0 Å². The summed E-state index contributed by atoms with van der Waals surface area (Å²) in [7, 11) is 0. The molecular weight excluding hydrogens is 256 g/mol. The number of benzene rings is 1. The van der Waals surface area contributed by atoms with Crippen molar-refractivity contribution in [2.24, 2.45) is 0 Å². The number of thiazole rings is 1. The second kappa shape index (κ2) is 5.31. The Morgan fingerprint density at radius 3 is 3.21 bits per heavy atom. The van der Waals surface area contributed by atoms with Crippen LogP contribution in [0, 0.1) is 0 Å². The van der Waals surface area contributed by atoms with Crippen LogP contribution in [0.2, 0.25) is 0 Å². The summed E-state index contributed by atoms with van der Waals surface area (Å²) >= 11 is 1.71. The third-order valence-corrected chi connectivity index (χ3v) is 4.80. The van der Waals surface area contributed by atoms with E-state index >= 15 is 0 Å². The molecule has 19 heavy (non-hydrogen) atoms. The predicted octanol–water partition coefficient (Wildman–Crippen LogP) is 3.23. The van der Waals surface area contributed by atoms with Gasteiger partial charge in [0.2, 0.25) is 0 Å². The van der Waals surface area contributed by atoms with Gasteiger partial charge in [-0.1, -0.05) is 19.1 Å². The summed E-state index contributed by atoms with van der Waals surface area (Å²) in [5.74, 6) is 0.871. The third-order valence-electron chi connectivity index (χ3n) is 3.79. The molecule has 100 valence electrons. The smallest absolute Gasteiger partial charge is 0.119 e. The third kappa shape index (κ3) is 2.51. The molecule has 2 atom stereocenters. The Balaban J connectivity index is 1.66. The highest BCUT2D eigenvalue weighted by Gasteiger charge is 2.24. The monoisotopic (exact) mass is 274 g/mol. The molecule has 4 heteroatoms. The molecule has 0 spiro atoms. The summed E-state index contributed by atoms with van der Waals surface area (Å²) in [4.78, 5) is 4.36. The number of nitrogens with one attached hydrogen (secondary N) is 1. The lowest BCUT2D eigenvalue weighted by Gasteiger charge is -2.17. The van der Waals surface area contributed by atoms with Crippen LogP contribution in [0.5, 0.6) is 5.75 Å². The second-order valence-corrected chi connectivity index (χ2v) is 6.04. The van der Waals surface area contributed by atoms with Gasteiger partial charge >= 0.3 is 0 Å². The van der Waals surface area contributed by atoms with Gasteiger partial charge in [-0.2, -0.15) is 0 Å². The van der Waals surface area contributed by atoms with Crippen LogP contribution >= 0.6 is 11.3 Å². The standard InChI is InChI=1S/C15H18N2OS/c1-10(15-16-7-8-19-15)9-17-13-6-5-12-11(13)3-2-4-14(12)18/h2-4,7-8,10,13,17-18H,5-6,9H2,1H3. The van der Waals surface area contributed by atoms with Crippen molar-refractivity contribution in [1.29, 1.82) is 0 Å². The molecule has 1 aliphatic carbocycles. The molecular formula is C15H18N2OS. The van der Waals surface area contributed by atoms with Crippen LogP contribution in [-0.2, 0) is 6.42 Å². The zero-order valence-electron chi connectivity index (χ0n) is 11.0. The van der Waals surface area contributed by atoms with E-state index in [2.05, 4.69) is 23.3 Å². The van der Waals surface area contributed by atoms with Crippen LogP contribution in [0.15, 0.2) is 29.8 Å². The Kier molecular flexibility index (Phi) is 3.53. The van der Waals surface area contributed by atoms with Crippen LogP contribution in [0.25, 0.3) is 0 Å². The van der Waals surface area contributed by atoms with E-state index in [4.69, 9.17) is 0 Å². The molecule has 0 saturated carbocycles. The fraction of sp³-hybridized carbons (Fsp3) is 0.400. The van der Waals surface area contributed by atoms with Gasteiger partial charge in [0.1, 0.15) is 5.75 Å². The number of aromatic nitrogens is 1.